The predicted octanol–water partition coefficient (Wildman–Crippen LogP) is 20.0. The van der Waals surface area contributed by atoms with Crippen LogP contribution in [-0.2, 0) is 28.2 Å². The highest BCUT2D eigenvalue weighted by Crippen LogP contribution is 2.41. The molecule has 0 saturated heterocycles. The molecule has 0 radical (unpaired) electrons. The lowest BCUT2D eigenvalue weighted by Gasteiger charge is -2.20. The Bertz CT molecular complexity index is 5480. The van der Waals surface area contributed by atoms with Crippen LogP contribution < -0.4 is 18.7 Å². The van der Waals surface area contributed by atoms with Gasteiger partial charge in [-0.3, -0.25) is 0 Å². The maximum absolute atomic E-state index is 9.40. The van der Waals surface area contributed by atoms with Crippen LogP contribution in [0.15, 0.2) is 219 Å². The minimum atomic E-state index is 0.387. The van der Waals surface area contributed by atoms with Gasteiger partial charge in [0, 0.05) is 23.3 Å². The smallest absolute Gasteiger partial charge is 0.192 e. The molecule has 13 rings (SSSR count). The fourth-order valence-corrected chi connectivity index (χ4v) is 14.2. The Morgan fingerprint density at radius 1 is 0.311 bits per heavy atom. The van der Waals surface area contributed by atoms with Crippen molar-refractivity contribution in [2.24, 2.45) is 28.2 Å². The summed E-state index contributed by atoms with van der Waals surface area (Å²) in [6, 6.07) is 71.0. The number of aryl methyl sites for hydroxylation is 8. The van der Waals surface area contributed by atoms with E-state index in [2.05, 4.69) is 322 Å². The van der Waals surface area contributed by atoms with Crippen LogP contribution in [0.5, 0.6) is 0 Å². The number of hydrogen-bond acceptors (Lipinski definition) is 4. The van der Waals surface area contributed by atoms with Crippen LogP contribution in [0, 0.1) is 101 Å². The molecule has 0 amide bonds. The Morgan fingerprint density at radius 3 is 1.06 bits per heavy atom. The summed E-state index contributed by atoms with van der Waals surface area (Å²) < 4.78 is 17.0. The van der Waals surface area contributed by atoms with Crippen molar-refractivity contribution in [3.63, 3.8) is 0 Å². The number of aromatic nitrogens is 8. The van der Waals surface area contributed by atoms with E-state index in [4.69, 9.17) is 5.26 Å². The molecule has 13 aromatic rings. The molecule has 12 heteroatoms. The first-order chi connectivity index (χ1) is 50.7. The highest BCUT2D eigenvalue weighted by atomic mass is 15.4. The molecular weight excluding hydrogens is 1300 g/mol. The fraction of sp³-hybridized carbons (Fsp3) is 0.255. The second-order valence-corrected chi connectivity index (χ2v) is 29.2. The lowest BCUT2D eigenvalue weighted by atomic mass is 9.83. The molecule has 9 aromatic carbocycles. The van der Waals surface area contributed by atoms with E-state index in [0.717, 1.165) is 45.0 Å². The van der Waals surface area contributed by atoms with Gasteiger partial charge in [0.05, 0.1) is 107 Å². The third-order valence-corrected chi connectivity index (χ3v) is 20.4. The Hall–Kier alpha value is -12.2. The molecule has 0 aliphatic carbocycles. The van der Waals surface area contributed by atoms with Crippen molar-refractivity contribution >= 4 is 0 Å². The molecule has 0 fully saturated rings. The van der Waals surface area contributed by atoms with Gasteiger partial charge in [0.2, 0.25) is 36.2 Å². The molecule has 4 aromatic heterocycles. The minimum Gasteiger partial charge on any atom is -0.192 e. The van der Waals surface area contributed by atoms with Gasteiger partial charge in [0.15, 0.2) is 14.1 Å². The quantitative estimate of drug-likeness (QED) is 0.106. The predicted molar refractivity (Wildman–Crippen MR) is 428 cm³/mol. The van der Waals surface area contributed by atoms with Crippen molar-refractivity contribution in [2.75, 3.05) is 0 Å². The topological polar surface area (TPSA) is 130 Å². The Morgan fingerprint density at radius 2 is 0.660 bits per heavy atom. The van der Waals surface area contributed by atoms with Gasteiger partial charge in [0.25, 0.3) is 0 Å². The monoisotopic (exact) mass is 1400 g/mol. The molecule has 0 unspecified atom stereocenters. The Balaban J connectivity index is 0.000000153. The first-order valence-electron chi connectivity index (χ1n) is 36.5. The third kappa shape index (κ3) is 16.2. The van der Waals surface area contributed by atoms with E-state index in [1.807, 2.05) is 98.0 Å². The van der Waals surface area contributed by atoms with E-state index in [1.165, 1.54) is 100 Å². The molecule has 532 valence electrons. The highest BCUT2D eigenvalue weighted by Gasteiger charge is 2.28. The highest BCUT2D eigenvalue weighted by molar-refractivity contribution is 5.78. The molecule has 106 heavy (non-hydrogen) atoms. The Labute approximate surface area is 628 Å². The first kappa shape index (κ1) is 76.4. The van der Waals surface area contributed by atoms with Gasteiger partial charge in [-0.25, -0.2) is 0 Å². The molecule has 0 aliphatic heterocycles. The molecule has 0 spiro atoms. The maximum atomic E-state index is 9.40. The zero-order valence-corrected chi connectivity index (χ0v) is 65.5. The van der Waals surface area contributed by atoms with Crippen LogP contribution in [0.1, 0.15) is 168 Å². The van der Waals surface area contributed by atoms with Crippen molar-refractivity contribution in [3.8, 4) is 103 Å². The van der Waals surface area contributed by atoms with Gasteiger partial charge >= 0.3 is 0 Å². The van der Waals surface area contributed by atoms with Crippen LogP contribution in [0.3, 0.4) is 0 Å². The van der Waals surface area contributed by atoms with Crippen molar-refractivity contribution in [1.29, 1.82) is 21.0 Å². The number of hydrogen-bond donors (Lipinski definition) is 0. The minimum absolute atomic E-state index is 0.387. The van der Waals surface area contributed by atoms with E-state index >= 15 is 0 Å². The summed E-state index contributed by atoms with van der Waals surface area (Å²) in [7, 11) is 8.21. The normalized spacial score (nSPS) is 10.9. The number of nitriles is 4. The van der Waals surface area contributed by atoms with E-state index in [9.17, 15) is 15.8 Å². The van der Waals surface area contributed by atoms with Crippen LogP contribution >= 0.6 is 0 Å². The lowest BCUT2D eigenvalue weighted by Crippen LogP contribution is -2.39. The second-order valence-electron chi connectivity index (χ2n) is 29.2. The van der Waals surface area contributed by atoms with Gasteiger partial charge < -0.3 is 0 Å². The standard InChI is InChI=1S/C30H32N3.C24H28N3.C21H22N3.C19H18N3/c1-20(2)27-15-25(24-10-8-7-9-11-24)16-28(21(3)4)30(27)26-18-32(6)33(19-26)29-14-23(17-31)13-12-22(29)5;1-16(2)21-8-7-9-22(17(3)4)24(21)20-14-26(6)27(15-20)23-12-19(13-25)11-10-18(23)5;1-14-9-10-18(12-22)11-20(14)24-13-19(17(4)23(24)5)21-15(2)7-6-8-16(21)3;1-14-9-10-16(12-20)11-19(14)22-13-18(15(2)21(22)3)17-7-5-4-6-8-17/h7-16,18-21H,1-6H3;7-12,14-17H,1-6H3;6-11,13H,1-5H3;4-11,13H,1-3H3/q4*+1. The van der Waals surface area contributed by atoms with Gasteiger partial charge in [0.1, 0.15) is 11.4 Å². The van der Waals surface area contributed by atoms with E-state index in [1.54, 1.807) is 0 Å². The third-order valence-electron chi connectivity index (χ3n) is 20.4. The number of rotatable bonds is 13. The Kier molecular flexibility index (Phi) is 23.8. The molecule has 4 heterocycles. The summed E-state index contributed by atoms with van der Waals surface area (Å²) in [4.78, 5) is 0. The average molecular weight is 1400 g/mol. The summed E-state index contributed by atoms with van der Waals surface area (Å²) in [6.45, 7) is 35.0. The van der Waals surface area contributed by atoms with Crippen LogP contribution in [0.25, 0.3) is 78.4 Å². The fourth-order valence-electron chi connectivity index (χ4n) is 14.2. The molecule has 0 atom stereocenters. The van der Waals surface area contributed by atoms with Crippen molar-refractivity contribution < 1.29 is 18.7 Å². The van der Waals surface area contributed by atoms with Crippen molar-refractivity contribution in [3.05, 3.63) is 308 Å². The molecule has 0 saturated carbocycles. The largest absolute Gasteiger partial charge is 0.240 e. The molecule has 0 N–H and O–H groups in total. The van der Waals surface area contributed by atoms with Gasteiger partial charge in [-0.1, -0.05) is 198 Å². The van der Waals surface area contributed by atoms with Crippen molar-refractivity contribution in [1.82, 2.24) is 18.7 Å². The van der Waals surface area contributed by atoms with E-state index in [0.29, 0.717) is 45.9 Å². The van der Waals surface area contributed by atoms with Crippen LogP contribution in [0.4, 0.5) is 0 Å². The van der Waals surface area contributed by atoms with Gasteiger partial charge in [-0.15, -0.1) is 18.7 Å². The summed E-state index contributed by atoms with van der Waals surface area (Å²) >= 11 is 0. The first-order valence-corrected chi connectivity index (χ1v) is 36.5. The van der Waals surface area contributed by atoms with Crippen LogP contribution in [0.2, 0.25) is 0 Å². The van der Waals surface area contributed by atoms with E-state index < -0.39 is 0 Å². The van der Waals surface area contributed by atoms with Gasteiger partial charge in [-0.05, 0) is 193 Å². The zero-order chi connectivity index (χ0) is 76.5. The average Bonchev–Trinajstić information content (AvgIpc) is 1.53. The summed E-state index contributed by atoms with van der Waals surface area (Å²) in [5.74, 6) is 1.68. The molecule has 0 bridgehead atoms. The molecule has 0 aliphatic rings. The second kappa shape index (κ2) is 33.0. The SMILES string of the molecule is Cc1ccc(C#N)cc1-[n+]1cc(-c2c(C)cccc2C)c(C)n1C.Cc1ccc(C#N)cc1-[n+]1cc(-c2ccccc2)c(C)n1C.Cc1ccc(C#N)cc1-n1cc(-c2c(C(C)C)cc(-c3ccccc3)cc2C(C)C)c[n+]1C.Cc1ccc(C#N)cc1-n1cc(-c2c(C(C)C)cccc2C(C)C)c[n+]1C. The lowest BCUT2D eigenvalue weighted by molar-refractivity contribution is -0.744. The van der Waals surface area contributed by atoms with Crippen molar-refractivity contribution in [2.45, 2.75) is 134 Å². The summed E-state index contributed by atoms with van der Waals surface area (Å²) in [5, 5.41) is 37.0. The number of nitrogens with zero attached hydrogens (tertiary/aromatic N) is 12. The summed E-state index contributed by atoms with van der Waals surface area (Å²) in [6.07, 6.45) is 13.1. The van der Waals surface area contributed by atoms with Gasteiger partial charge in [-0.2, -0.15) is 30.4 Å². The summed E-state index contributed by atoms with van der Waals surface area (Å²) in [5.41, 5.74) is 34.3. The zero-order valence-electron chi connectivity index (χ0n) is 65.5. The van der Waals surface area contributed by atoms with Crippen LogP contribution in [-0.4, -0.2) is 18.7 Å². The molecule has 12 nitrogen and oxygen atoms in total. The number of benzene rings is 9. The maximum Gasteiger partial charge on any atom is 0.240 e. The molecular formula is C94H100N12+4. The van der Waals surface area contributed by atoms with E-state index in [-0.39, 0.29) is 0 Å².